The van der Waals surface area contributed by atoms with Gasteiger partial charge in [-0.05, 0) is 23.8 Å². The minimum absolute atomic E-state index is 0.00870. The fourth-order valence-electron chi connectivity index (χ4n) is 3.55. The predicted molar refractivity (Wildman–Crippen MR) is 104 cm³/mol. The van der Waals surface area contributed by atoms with E-state index >= 15 is 0 Å². The van der Waals surface area contributed by atoms with Crippen LogP contribution in [0.15, 0.2) is 83.8 Å². The Morgan fingerprint density at radius 2 is 1.50 bits per heavy atom. The van der Waals surface area contributed by atoms with Gasteiger partial charge in [0.05, 0.1) is 4.90 Å². The third-order valence-electron chi connectivity index (χ3n) is 4.94. The Morgan fingerprint density at radius 3 is 2.14 bits per heavy atom. The van der Waals surface area contributed by atoms with E-state index in [0.717, 1.165) is 0 Å². The molecule has 3 aromatic carbocycles. The predicted octanol–water partition coefficient (Wildman–Crippen LogP) is 2.18. The van der Waals surface area contributed by atoms with E-state index in [4.69, 9.17) is 5.14 Å². The molecule has 28 heavy (non-hydrogen) atoms. The molecular weight excluding hydrogens is 376 g/mol. The number of nitrogens with zero attached hydrogens (tertiary/aromatic N) is 1. The molecule has 3 aromatic rings. The van der Waals surface area contributed by atoms with E-state index in [2.05, 4.69) is 0 Å². The van der Waals surface area contributed by atoms with Gasteiger partial charge in [-0.2, -0.15) is 0 Å². The smallest absolute Gasteiger partial charge is 0.257 e. The van der Waals surface area contributed by atoms with E-state index in [1.54, 1.807) is 60.7 Å². The first-order chi connectivity index (χ1) is 13.3. The fraction of sp³-hybridized carbons (Fsp3) is 0.0952. The number of hydrogen-bond donors (Lipinski definition) is 2. The van der Waals surface area contributed by atoms with E-state index in [9.17, 15) is 18.3 Å². The Morgan fingerprint density at radius 1 is 0.893 bits per heavy atom. The summed E-state index contributed by atoms with van der Waals surface area (Å²) in [5, 5.41) is 16.8. The average molecular weight is 394 g/mol. The molecule has 3 N–H and O–H groups in total. The molecule has 0 saturated carbocycles. The van der Waals surface area contributed by atoms with Crippen LogP contribution in [-0.2, 0) is 22.3 Å². The van der Waals surface area contributed by atoms with Gasteiger partial charge >= 0.3 is 0 Å². The number of hydrogen-bond acceptors (Lipinski definition) is 4. The van der Waals surface area contributed by atoms with Crippen LogP contribution < -0.4 is 5.14 Å². The van der Waals surface area contributed by atoms with Gasteiger partial charge in [-0.25, -0.2) is 13.6 Å². The summed E-state index contributed by atoms with van der Waals surface area (Å²) in [6.45, 7) is 0.101. The van der Waals surface area contributed by atoms with Crippen molar-refractivity contribution in [2.45, 2.75) is 17.2 Å². The van der Waals surface area contributed by atoms with Crippen molar-refractivity contribution in [1.82, 2.24) is 4.90 Å². The second kappa shape index (κ2) is 6.56. The highest BCUT2D eigenvalue weighted by Crippen LogP contribution is 2.42. The topological polar surface area (TPSA) is 101 Å². The molecule has 0 bridgehead atoms. The molecule has 1 unspecified atom stereocenters. The maximum atomic E-state index is 13.1. The molecule has 1 aliphatic heterocycles. The molecule has 7 heteroatoms. The summed E-state index contributed by atoms with van der Waals surface area (Å²) in [5.74, 6) is -0.294. The second-order valence-electron chi connectivity index (χ2n) is 6.66. The van der Waals surface area contributed by atoms with Crippen LogP contribution in [0.1, 0.15) is 27.0 Å². The number of fused-ring (bicyclic) bond motifs is 1. The van der Waals surface area contributed by atoms with Crippen molar-refractivity contribution in [3.05, 3.63) is 101 Å². The highest BCUT2D eigenvalue weighted by molar-refractivity contribution is 7.89. The van der Waals surface area contributed by atoms with Crippen molar-refractivity contribution in [2.75, 3.05) is 0 Å². The number of benzene rings is 3. The van der Waals surface area contributed by atoms with Gasteiger partial charge in [-0.3, -0.25) is 9.69 Å². The number of nitrogens with two attached hydrogens (primary N) is 1. The lowest BCUT2D eigenvalue weighted by Crippen LogP contribution is -2.44. The second-order valence-corrected chi connectivity index (χ2v) is 8.23. The molecule has 1 amide bonds. The van der Waals surface area contributed by atoms with Crippen molar-refractivity contribution in [3.63, 3.8) is 0 Å². The highest BCUT2D eigenvalue weighted by atomic mass is 32.2. The third-order valence-corrected chi connectivity index (χ3v) is 5.87. The number of amides is 1. The molecule has 0 radical (unpaired) electrons. The Kier molecular flexibility index (Phi) is 4.30. The van der Waals surface area contributed by atoms with Crippen LogP contribution >= 0.6 is 0 Å². The Bertz CT molecular complexity index is 1140. The lowest BCUT2D eigenvalue weighted by atomic mass is 9.93. The number of primary sulfonamides is 1. The Balaban J connectivity index is 1.78. The van der Waals surface area contributed by atoms with Crippen LogP contribution in [0.3, 0.4) is 0 Å². The molecule has 0 aliphatic carbocycles. The minimum atomic E-state index is -3.80. The van der Waals surface area contributed by atoms with Gasteiger partial charge in [0, 0.05) is 23.2 Å². The average Bonchev–Trinajstić information content (AvgIpc) is 2.92. The summed E-state index contributed by atoms with van der Waals surface area (Å²) in [4.78, 5) is 14.4. The molecule has 142 valence electrons. The SMILES string of the molecule is NS(=O)(=O)c1ccc(CN2C(=O)c3ccccc3C2(O)c2ccccc2)cc1. The normalized spacial score (nSPS) is 18.9. The summed E-state index contributed by atoms with van der Waals surface area (Å²) >= 11 is 0. The monoisotopic (exact) mass is 394 g/mol. The zero-order valence-corrected chi connectivity index (χ0v) is 15.6. The minimum Gasteiger partial charge on any atom is -0.363 e. The molecule has 1 aliphatic rings. The first-order valence-electron chi connectivity index (χ1n) is 8.63. The first kappa shape index (κ1) is 18.4. The summed E-state index contributed by atoms with van der Waals surface area (Å²) in [7, 11) is -3.80. The molecule has 4 rings (SSSR count). The van der Waals surface area contributed by atoms with Gasteiger partial charge in [0.2, 0.25) is 10.0 Å². The first-order valence-corrected chi connectivity index (χ1v) is 10.2. The van der Waals surface area contributed by atoms with E-state index < -0.39 is 15.7 Å². The third kappa shape index (κ3) is 2.90. The van der Waals surface area contributed by atoms with E-state index in [-0.39, 0.29) is 17.3 Å². The fourth-order valence-corrected chi connectivity index (χ4v) is 4.06. The molecule has 1 atom stereocenters. The van der Waals surface area contributed by atoms with Gasteiger partial charge in [-0.1, -0.05) is 60.7 Å². The lowest BCUT2D eigenvalue weighted by Gasteiger charge is -2.35. The van der Waals surface area contributed by atoms with Crippen molar-refractivity contribution >= 4 is 15.9 Å². The van der Waals surface area contributed by atoms with Gasteiger partial charge in [0.15, 0.2) is 5.72 Å². The lowest BCUT2D eigenvalue weighted by molar-refractivity contribution is -0.0543. The summed E-state index contributed by atoms with van der Waals surface area (Å²) in [6.07, 6.45) is 0. The van der Waals surface area contributed by atoms with Crippen LogP contribution in [0.25, 0.3) is 0 Å². The zero-order valence-electron chi connectivity index (χ0n) is 14.8. The Labute approximate surface area is 162 Å². The van der Waals surface area contributed by atoms with Crippen LogP contribution in [-0.4, -0.2) is 24.3 Å². The van der Waals surface area contributed by atoms with E-state index in [1.807, 2.05) is 6.07 Å². The molecular formula is C21H18N2O4S. The number of carbonyl (C=O) groups excluding carboxylic acids is 1. The molecule has 0 aromatic heterocycles. The van der Waals surface area contributed by atoms with Crippen LogP contribution in [0.5, 0.6) is 0 Å². The molecule has 0 spiro atoms. The molecule has 6 nitrogen and oxygen atoms in total. The van der Waals surface area contributed by atoms with E-state index in [1.165, 1.54) is 17.0 Å². The van der Waals surface area contributed by atoms with Crippen LogP contribution in [0, 0.1) is 0 Å². The quantitative estimate of drug-likeness (QED) is 0.708. The number of rotatable bonds is 4. The van der Waals surface area contributed by atoms with Gasteiger partial charge in [0.1, 0.15) is 0 Å². The summed E-state index contributed by atoms with van der Waals surface area (Å²) in [6, 6.07) is 21.9. The van der Waals surface area contributed by atoms with Crippen molar-refractivity contribution in [2.24, 2.45) is 5.14 Å². The molecule has 1 heterocycles. The maximum absolute atomic E-state index is 13.1. The number of sulfonamides is 1. The number of aliphatic hydroxyl groups is 1. The standard InChI is InChI=1S/C21H18N2O4S/c22-28(26,27)17-12-10-15(11-13-17)14-23-20(24)18-8-4-5-9-19(18)21(23,25)16-6-2-1-3-7-16/h1-13,25H,14H2,(H2,22,26,27). The zero-order chi connectivity index (χ0) is 19.9. The van der Waals surface area contributed by atoms with Gasteiger partial charge in [-0.15, -0.1) is 0 Å². The van der Waals surface area contributed by atoms with Gasteiger partial charge in [0.25, 0.3) is 5.91 Å². The maximum Gasteiger partial charge on any atom is 0.257 e. The highest BCUT2D eigenvalue weighted by Gasteiger charge is 2.49. The Hall–Kier alpha value is -3.00. The van der Waals surface area contributed by atoms with Crippen molar-refractivity contribution in [3.8, 4) is 0 Å². The van der Waals surface area contributed by atoms with E-state index in [0.29, 0.717) is 22.3 Å². The summed E-state index contributed by atoms with van der Waals surface area (Å²) in [5.41, 5.74) is 0.591. The van der Waals surface area contributed by atoms with Crippen LogP contribution in [0.4, 0.5) is 0 Å². The molecule has 0 fully saturated rings. The van der Waals surface area contributed by atoms with Crippen molar-refractivity contribution in [1.29, 1.82) is 0 Å². The number of carbonyl (C=O) groups is 1. The molecule has 0 saturated heterocycles. The largest absolute Gasteiger partial charge is 0.363 e. The van der Waals surface area contributed by atoms with Crippen LogP contribution in [0.2, 0.25) is 0 Å². The van der Waals surface area contributed by atoms with Gasteiger partial charge < -0.3 is 5.11 Å². The van der Waals surface area contributed by atoms with Crippen molar-refractivity contribution < 1.29 is 18.3 Å². The summed E-state index contributed by atoms with van der Waals surface area (Å²) < 4.78 is 22.9.